The second kappa shape index (κ2) is 10.5. The quantitative estimate of drug-likeness (QED) is 0.490. The summed E-state index contributed by atoms with van der Waals surface area (Å²) < 4.78 is 17.1. The molecule has 0 amide bonds. The van der Waals surface area contributed by atoms with Crippen LogP contribution in [0.3, 0.4) is 0 Å². The zero-order valence-corrected chi connectivity index (χ0v) is 20.6. The fourth-order valence-corrected chi connectivity index (χ4v) is 4.35. The molecule has 10 heteroatoms. The van der Waals surface area contributed by atoms with Crippen molar-refractivity contribution in [1.29, 1.82) is 5.26 Å². The number of fused-ring (bicyclic) bond motifs is 1. The summed E-state index contributed by atoms with van der Waals surface area (Å²) in [7, 11) is 5.19. The van der Waals surface area contributed by atoms with E-state index in [0.717, 1.165) is 19.6 Å². The Morgan fingerprint density at radius 2 is 1.94 bits per heavy atom. The third-order valence-electron chi connectivity index (χ3n) is 5.85. The number of piperazine rings is 1. The molecule has 2 heterocycles. The number of nitriles is 1. The molecule has 4 rings (SSSR count). The van der Waals surface area contributed by atoms with Gasteiger partial charge >= 0.3 is 0 Å². The lowest BCUT2D eigenvalue weighted by Crippen LogP contribution is -2.51. The van der Waals surface area contributed by atoms with Crippen LogP contribution in [0.4, 0.5) is 11.4 Å². The van der Waals surface area contributed by atoms with Gasteiger partial charge in [-0.15, -0.1) is 0 Å². The summed E-state index contributed by atoms with van der Waals surface area (Å²) in [6, 6.07) is 9.33. The van der Waals surface area contributed by atoms with Crippen molar-refractivity contribution in [2.45, 2.75) is 6.04 Å². The summed E-state index contributed by atoms with van der Waals surface area (Å²) in [5, 5.41) is 17.8. The zero-order valence-electron chi connectivity index (χ0n) is 19.1. The van der Waals surface area contributed by atoms with Crippen LogP contribution in [0.5, 0.6) is 17.2 Å². The monoisotopic (exact) mass is 501 g/mol. The molecule has 2 N–H and O–H groups in total. The highest BCUT2D eigenvalue weighted by atomic mass is 35.5. The molecular weight excluding hydrogens is 477 g/mol. The minimum absolute atomic E-state index is 0.252. The van der Waals surface area contributed by atoms with Gasteiger partial charge in [-0.3, -0.25) is 9.88 Å². The molecule has 0 bridgehead atoms. The smallest absolute Gasteiger partial charge is 0.163 e. The number of aromatic nitrogens is 1. The molecule has 1 atom stereocenters. The van der Waals surface area contributed by atoms with Crippen molar-refractivity contribution in [3.05, 3.63) is 46.1 Å². The molecule has 1 unspecified atom stereocenters. The summed E-state index contributed by atoms with van der Waals surface area (Å²) >= 11 is 12.6. The molecule has 0 spiro atoms. The summed E-state index contributed by atoms with van der Waals surface area (Å²) in [6.07, 6.45) is 1.51. The summed E-state index contributed by atoms with van der Waals surface area (Å²) in [5.41, 5.74) is 2.08. The van der Waals surface area contributed by atoms with Gasteiger partial charge in [-0.1, -0.05) is 23.2 Å². The van der Waals surface area contributed by atoms with E-state index < -0.39 is 0 Å². The largest absolute Gasteiger partial charge is 0.495 e. The van der Waals surface area contributed by atoms with Crippen molar-refractivity contribution in [3.8, 4) is 23.3 Å². The van der Waals surface area contributed by atoms with E-state index in [9.17, 15) is 5.26 Å². The summed E-state index contributed by atoms with van der Waals surface area (Å²) in [4.78, 5) is 6.74. The molecule has 0 radical (unpaired) electrons. The van der Waals surface area contributed by atoms with E-state index in [0.29, 0.717) is 61.7 Å². The number of anilines is 2. The van der Waals surface area contributed by atoms with Crippen molar-refractivity contribution in [3.63, 3.8) is 0 Å². The van der Waals surface area contributed by atoms with E-state index in [-0.39, 0.29) is 6.04 Å². The second-order valence-electron chi connectivity index (χ2n) is 7.92. The highest BCUT2D eigenvalue weighted by molar-refractivity contribution is 6.37. The van der Waals surface area contributed by atoms with Crippen LogP contribution in [-0.2, 0) is 0 Å². The van der Waals surface area contributed by atoms with Crippen LogP contribution in [0, 0.1) is 11.3 Å². The van der Waals surface area contributed by atoms with Crippen LogP contribution < -0.4 is 24.8 Å². The molecule has 2 aromatic carbocycles. The molecule has 1 aliphatic heterocycles. The Labute approximate surface area is 208 Å². The molecule has 1 aromatic heterocycles. The molecule has 0 saturated carbocycles. The van der Waals surface area contributed by atoms with Gasteiger partial charge in [-0.25, -0.2) is 0 Å². The fraction of sp³-hybridized carbons (Fsp3) is 0.333. The molecular formula is C24H25Cl2N5O3. The van der Waals surface area contributed by atoms with Crippen LogP contribution in [0.25, 0.3) is 10.9 Å². The number of halogens is 2. The first kappa shape index (κ1) is 24.2. The van der Waals surface area contributed by atoms with E-state index in [1.165, 1.54) is 13.3 Å². The normalized spacial score (nSPS) is 16.2. The molecule has 1 aliphatic rings. The first-order chi connectivity index (χ1) is 16.4. The van der Waals surface area contributed by atoms with E-state index in [4.69, 9.17) is 37.4 Å². The highest BCUT2D eigenvalue weighted by Gasteiger charge is 2.21. The van der Waals surface area contributed by atoms with Gasteiger partial charge in [0.15, 0.2) is 11.5 Å². The fourth-order valence-electron chi connectivity index (χ4n) is 3.84. The lowest BCUT2D eigenvalue weighted by atomic mass is 10.1. The predicted octanol–water partition coefficient (Wildman–Crippen LogP) is 4.46. The Bertz CT molecular complexity index is 1250. The number of rotatable bonds is 7. The molecule has 3 aromatic rings. The lowest BCUT2D eigenvalue weighted by Gasteiger charge is -2.32. The molecule has 178 valence electrons. The minimum atomic E-state index is 0.252. The first-order valence-electron chi connectivity index (χ1n) is 10.7. The maximum atomic E-state index is 9.73. The van der Waals surface area contributed by atoms with Crippen molar-refractivity contribution in [1.82, 2.24) is 15.2 Å². The van der Waals surface area contributed by atoms with E-state index in [2.05, 4.69) is 33.6 Å². The Morgan fingerprint density at radius 3 is 2.65 bits per heavy atom. The molecule has 34 heavy (non-hydrogen) atoms. The Morgan fingerprint density at radius 1 is 1.15 bits per heavy atom. The molecule has 1 fully saturated rings. The second-order valence-corrected chi connectivity index (χ2v) is 8.73. The number of ether oxygens (including phenoxy) is 3. The number of benzene rings is 2. The number of likely N-dealkylation sites (N-methyl/N-ethyl adjacent to an activating group) is 1. The van der Waals surface area contributed by atoms with Gasteiger partial charge in [0.05, 0.1) is 52.8 Å². The van der Waals surface area contributed by atoms with Crippen LogP contribution in [0.15, 0.2) is 30.5 Å². The van der Waals surface area contributed by atoms with Gasteiger partial charge in [-0.2, -0.15) is 5.26 Å². The van der Waals surface area contributed by atoms with Crippen molar-refractivity contribution in [2.75, 3.05) is 52.8 Å². The summed E-state index contributed by atoms with van der Waals surface area (Å²) in [5.74, 6) is 1.59. The number of pyridine rings is 1. The Balaban J connectivity index is 1.72. The van der Waals surface area contributed by atoms with Crippen LogP contribution >= 0.6 is 23.2 Å². The standard InChI is InChI=1S/C24H25Cl2N5O3/c1-31-5-4-28-12-15(31)13-34-23-8-19-16(6-22(23)33-3)24(14(10-27)11-29-19)30-20-9-21(32-2)18(26)7-17(20)25/h6-9,11,15,28H,4-5,12-13H2,1-3H3,(H,29,30). The molecule has 1 saturated heterocycles. The van der Waals surface area contributed by atoms with Gasteiger partial charge in [0, 0.05) is 43.4 Å². The molecule has 0 aliphatic carbocycles. The predicted molar refractivity (Wildman–Crippen MR) is 134 cm³/mol. The van der Waals surface area contributed by atoms with Gasteiger partial charge in [0.25, 0.3) is 0 Å². The van der Waals surface area contributed by atoms with Crippen molar-refractivity contribution >= 4 is 45.5 Å². The number of hydrogen-bond donors (Lipinski definition) is 2. The third kappa shape index (κ3) is 4.93. The number of nitrogens with zero attached hydrogens (tertiary/aromatic N) is 3. The zero-order chi connectivity index (χ0) is 24.2. The van der Waals surface area contributed by atoms with Gasteiger partial charge < -0.3 is 24.8 Å². The van der Waals surface area contributed by atoms with Gasteiger partial charge in [-0.05, 0) is 19.2 Å². The maximum absolute atomic E-state index is 9.73. The number of hydrogen-bond acceptors (Lipinski definition) is 8. The van der Waals surface area contributed by atoms with Gasteiger partial charge in [0.1, 0.15) is 18.4 Å². The van der Waals surface area contributed by atoms with Crippen LogP contribution in [0.1, 0.15) is 5.56 Å². The Kier molecular flexibility index (Phi) is 7.49. The first-order valence-corrected chi connectivity index (χ1v) is 11.5. The average molecular weight is 502 g/mol. The van der Waals surface area contributed by atoms with Gasteiger partial charge in [0.2, 0.25) is 0 Å². The highest BCUT2D eigenvalue weighted by Crippen LogP contribution is 2.40. The minimum Gasteiger partial charge on any atom is -0.495 e. The van der Waals surface area contributed by atoms with Crippen LogP contribution in [0.2, 0.25) is 10.0 Å². The van der Waals surface area contributed by atoms with E-state index in [1.54, 1.807) is 19.2 Å². The summed E-state index contributed by atoms with van der Waals surface area (Å²) in [6.45, 7) is 3.30. The molecule has 8 nitrogen and oxygen atoms in total. The van der Waals surface area contributed by atoms with E-state index >= 15 is 0 Å². The maximum Gasteiger partial charge on any atom is 0.163 e. The topological polar surface area (TPSA) is 91.7 Å². The number of nitrogens with one attached hydrogen (secondary N) is 2. The van der Waals surface area contributed by atoms with Crippen LogP contribution in [-0.4, -0.2) is 63.4 Å². The average Bonchev–Trinajstić information content (AvgIpc) is 2.84. The Hall–Kier alpha value is -2.96. The van der Waals surface area contributed by atoms with Crippen molar-refractivity contribution < 1.29 is 14.2 Å². The van der Waals surface area contributed by atoms with E-state index in [1.807, 2.05) is 12.1 Å². The lowest BCUT2D eigenvalue weighted by molar-refractivity contribution is 0.134. The van der Waals surface area contributed by atoms with Crippen molar-refractivity contribution in [2.24, 2.45) is 0 Å². The SMILES string of the molecule is COc1cc(Nc2c(C#N)cnc3cc(OCC4CNCCN4C)c(OC)cc23)c(Cl)cc1Cl. The number of methoxy groups -OCH3 is 2. The third-order valence-corrected chi connectivity index (χ3v) is 6.46.